The highest BCUT2D eigenvalue weighted by atomic mass is 16.1. The predicted octanol–water partition coefficient (Wildman–Crippen LogP) is 1.65. The minimum atomic E-state index is -0.302. The lowest BCUT2D eigenvalue weighted by Gasteiger charge is -2.18. The summed E-state index contributed by atoms with van der Waals surface area (Å²) in [5.41, 5.74) is 5.31. The van der Waals surface area contributed by atoms with Crippen molar-refractivity contribution in [2.24, 2.45) is 17.6 Å². The maximum absolute atomic E-state index is 11.2. The Bertz CT molecular complexity index is 203. The smallest absolute Gasteiger partial charge is 0.221 e. The highest BCUT2D eigenvalue weighted by Crippen LogP contribution is 2.25. The van der Waals surface area contributed by atoms with Gasteiger partial charge in [-0.2, -0.15) is 0 Å². The van der Waals surface area contributed by atoms with Gasteiger partial charge in [0.25, 0.3) is 0 Å². The van der Waals surface area contributed by atoms with Crippen LogP contribution in [0.2, 0.25) is 0 Å². The molecular formula is C11H19NO2. The molecule has 2 atom stereocenters. The first kappa shape index (κ1) is 11.2. The normalized spacial score (nSPS) is 29.7. The molecule has 1 fully saturated rings. The molecule has 1 amide bonds. The Morgan fingerprint density at radius 2 is 1.64 bits per heavy atom. The molecule has 0 radical (unpaired) electrons. The van der Waals surface area contributed by atoms with E-state index < -0.39 is 0 Å². The van der Waals surface area contributed by atoms with Gasteiger partial charge in [-0.3, -0.25) is 4.79 Å². The Hall–Kier alpha value is -0.860. The Morgan fingerprint density at radius 1 is 1.07 bits per heavy atom. The average molecular weight is 197 g/mol. The van der Waals surface area contributed by atoms with E-state index in [1.165, 1.54) is 12.8 Å². The van der Waals surface area contributed by atoms with Crippen molar-refractivity contribution in [1.29, 1.82) is 0 Å². The standard InChI is InChI=1S/C11H19NO2/c12-11(14)10-7-5-3-1-2-4-6-9(10)8-13/h8-10H,1-7H2,(H2,12,14). The van der Waals surface area contributed by atoms with Crippen LogP contribution >= 0.6 is 0 Å². The Balaban J connectivity index is 2.61. The van der Waals surface area contributed by atoms with Crippen LogP contribution in [0.25, 0.3) is 0 Å². The molecule has 0 saturated heterocycles. The molecule has 2 unspecified atom stereocenters. The molecule has 0 bridgehead atoms. The number of amides is 1. The van der Waals surface area contributed by atoms with Crippen LogP contribution in [0.3, 0.4) is 0 Å². The molecular weight excluding hydrogens is 178 g/mol. The monoisotopic (exact) mass is 197 g/mol. The van der Waals surface area contributed by atoms with Gasteiger partial charge in [-0.05, 0) is 12.8 Å². The van der Waals surface area contributed by atoms with Crippen molar-refractivity contribution in [3.63, 3.8) is 0 Å². The number of hydrogen-bond acceptors (Lipinski definition) is 2. The van der Waals surface area contributed by atoms with Gasteiger partial charge >= 0.3 is 0 Å². The van der Waals surface area contributed by atoms with Crippen LogP contribution in [0.5, 0.6) is 0 Å². The van der Waals surface area contributed by atoms with Crippen molar-refractivity contribution in [3.8, 4) is 0 Å². The number of carbonyl (C=O) groups excluding carboxylic acids is 2. The van der Waals surface area contributed by atoms with Crippen molar-refractivity contribution in [2.75, 3.05) is 0 Å². The van der Waals surface area contributed by atoms with Gasteiger partial charge in [0.15, 0.2) is 0 Å². The third-order valence-electron chi connectivity index (χ3n) is 3.11. The molecule has 3 nitrogen and oxygen atoms in total. The van der Waals surface area contributed by atoms with E-state index in [1.807, 2.05) is 0 Å². The summed E-state index contributed by atoms with van der Waals surface area (Å²) in [7, 11) is 0. The van der Waals surface area contributed by atoms with E-state index in [0.717, 1.165) is 38.4 Å². The SMILES string of the molecule is NC(=O)C1CCCCCCCC1C=O. The Morgan fingerprint density at radius 3 is 2.21 bits per heavy atom. The first-order valence-electron chi connectivity index (χ1n) is 5.50. The second-order valence-electron chi connectivity index (χ2n) is 4.15. The highest BCUT2D eigenvalue weighted by molar-refractivity contribution is 5.80. The maximum atomic E-state index is 11.2. The summed E-state index contributed by atoms with van der Waals surface area (Å²) in [6.07, 6.45) is 8.17. The van der Waals surface area contributed by atoms with E-state index in [9.17, 15) is 9.59 Å². The molecule has 0 aromatic heterocycles. The molecule has 1 aliphatic carbocycles. The lowest BCUT2D eigenvalue weighted by molar-refractivity contribution is -0.127. The summed E-state index contributed by atoms with van der Waals surface area (Å²) >= 11 is 0. The van der Waals surface area contributed by atoms with E-state index in [1.54, 1.807) is 0 Å². The minimum absolute atomic E-state index is 0.134. The average Bonchev–Trinajstić information content (AvgIpc) is 2.27. The zero-order valence-corrected chi connectivity index (χ0v) is 8.58. The topological polar surface area (TPSA) is 60.2 Å². The van der Waals surface area contributed by atoms with Crippen LogP contribution in [0.15, 0.2) is 0 Å². The molecule has 0 spiro atoms. The third kappa shape index (κ3) is 3.13. The van der Waals surface area contributed by atoms with Gasteiger partial charge in [0.1, 0.15) is 6.29 Å². The van der Waals surface area contributed by atoms with E-state index in [2.05, 4.69) is 0 Å². The molecule has 1 aliphatic rings. The van der Waals surface area contributed by atoms with Crippen LogP contribution in [-0.2, 0) is 9.59 Å². The molecule has 1 saturated carbocycles. The third-order valence-corrected chi connectivity index (χ3v) is 3.11. The Kier molecular flexibility index (Phi) is 4.63. The zero-order chi connectivity index (χ0) is 10.4. The molecule has 14 heavy (non-hydrogen) atoms. The number of primary amides is 1. The number of nitrogens with two attached hydrogens (primary N) is 1. The second kappa shape index (κ2) is 5.78. The van der Waals surface area contributed by atoms with Gasteiger partial charge in [0, 0.05) is 11.8 Å². The van der Waals surface area contributed by atoms with Crippen molar-refractivity contribution in [3.05, 3.63) is 0 Å². The van der Waals surface area contributed by atoms with Crippen LogP contribution in [0.4, 0.5) is 0 Å². The first-order valence-corrected chi connectivity index (χ1v) is 5.50. The predicted molar refractivity (Wildman–Crippen MR) is 54.6 cm³/mol. The fourth-order valence-corrected chi connectivity index (χ4v) is 2.21. The first-order chi connectivity index (χ1) is 6.75. The molecule has 0 aliphatic heterocycles. The van der Waals surface area contributed by atoms with Gasteiger partial charge in [-0.15, -0.1) is 0 Å². The van der Waals surface area contributed by atoms with Gasteiger partial charge in [0.05, 0.1) is 0 Å². The lowest BCUT2D eigenvalue weighted by Crippen LogP contribution is -2.30. The quantitative estimate of drug-likeness (QED) is 0.684. The van der Waals surface area contributed by atoms with E-state index in [4.69, 9.17) is 5.73 Å². The van der Waals surface area contributed by atoms with E-state index in [-0.39, 0.29) is 17.7 Å². The molecule has 2 N–H and O–H groups in total. The maximum Gasteiger partial charge on any atom is 0.221 e. The lowest BCUT2D eigenvalue weighted by atomic mass is 9.86. The van der Waals surface area contributed by atoms with Gasteiger partial charge < -0.3 is 10.5 Å². The number of carbonyl (C=O) groups is 2. The molecule has 0 aromatic rings. The summed E-state index contributed by atoms with van der Waals surface area (Å²) in [5.74, 6) is -0.653. The summed E-state index contributed by atoms with van der Waals surface area (Å²) in [4.78, 5) is 22.0. The summed E-state index contributed by atoms with van der Waals surface area (Å²) in [5, 5.41) is 0. The van der Waals surface area contributed by atoms with Crippen LogP contribution in [-0.4, -0.2) is 12.2 Å². The van der Waals surface area contributed by atoms with Crippen molar-refractivity contribution in [1.82, 2.24) is 0 Å². The van der Waals surface area contributed by atoms with Gasteiger partial charge in [-0.25, -0.2) is 0 Å². The summed E-state index contributed by atoms with van der Waals surface area (Å²) in [6.45, 7) is 0. The largest absolute Gasteiger partial charge is 0.369 e. The highest BCUT2D eigenvalue weighted by Gasteiger charge is 2.25. The van der Waals surface area contributed by atoms with E-state index in [0.29, 0.717) is 0 Å². The van der Waals surface area contributed by atoms with Crippen LogP contribution < -0.4 is 5.73 Å². The molecule has 0 aromatic carbocycles. The van der Waals surface area contributed by atoms with Crippen molar-refractivity contribution in [2.45, 2.75) is 44.9 Å². The summed E-state index contributed by atoms with van der Waals surface area (Å²) in [6, 6.07) is 0. The Labute approximate surface area is 85.0 Å². The number of hydrogen-bond donors (Lipinski definition) is 1. The second-order valence-corrected chi connectivity index (χ2v) is 4.15. The zero-order valence-electron chi connectivity index (χ0n) is 8.58. The van der Waals surface area contributed by atoms with E-state index >= 15 is 0 Å². The van der Waals surface area contributed by atoms with Crippen LogP contribution in [0, 0.1) is 11.8 Å². The minimum Gasteiger partial charge on any atom is -0.369 e. The van der Waals surface area contributed by atoms with Gasteiger partial charge in [-0.1, -0.05) is 32.1 Å². The number of rotatable bonds is 2. The molecule has 0 heterocycles. The van der Waals surface area contributed by atoms with Gasteiger partial charge in [0.2, 0.25) is 5.91 Å². The molecule has 1 rings (SSSR count). The molecule has 80 valence electrons. The van der Waals surface area contributed by atoms with Crippen LogP contribution in [0.1, 0.15) is 44.9 Å². The fourth-order valence-electron chi connectivity index (χ4n) is 2.21. The summed E-state index contributed by atoms with van der Waals surface area (Å²) < 4.78 is 0. The fraction of sp³-hybridized carbons (Fsp3) is 0.818. The van der Waals surface area contributed by atoms with Crippen molar-refractivity contribution >= 4 is 12.2 Å². The number of aldehydes is 1. The molecule has 3 heteroatoms. The van der Waals surface area contributed by atoms with Crippen molar-refractivity contribution < 1.29 is 9.59 Å².